The number of aromatic nitrogens is 2. The zero-order chi connectivity index (χ0) is 13.1. The van der Waals surface area contributed by atoms with Crippen LogP contribution in [0.2, 0.25) is 0 Å². The first-order chi connectivity index (χ1) is 8.59. The Labute approximate surface area is 113 Å². The van der Waals surface area contributed by atoms with Gasteiger partial charge in [0.15, 0.2) is 0 Å². The molecule has 1 heterocycles. The van der Waals surface area contributed by atoms with Crippen LogP contribution in [0.3, 0.4) is 0 Å². The summed E-state index contributed by atoms with van der Waals surface area (Å²) in [5.41, 5.74) is 1.80. The molecule has 2 aromatic rings. The third kappa shape index (κ3) is 2.53. The number of anilines is 1. The summed E-state index contributed by atoms with van der Waals surface area (Å²) < 4.78 is 2.30. The first-order valence-electron chi connectivity index (χ1n) is 5.32. The van der Waals surface area contributed by atoms with E-state index in [1.165, 1.54) is 0 Å². The Morgan fingerprint density at radius 3 is 2.89 bits per heavy atom. The number of carboxylic acid groups (broad SMARTS) is 1. The molecule has 6 heteroatoms. The van der Waals surface area contributed by atoms with Gasteiger partial charge < -0.3 is 10.4 Å². The lowest BCUT2D eigenvalue weighted by Gasteiger charge is -2.10. The maximum absolute atomic E-state index is 11.2. The third-order valence-electron chi connectivity index (χ3n) is 2.61. The lowest BCUT2D eigenvalue weighted by atomic mass is 10.2. The van der Waals surface area contributed by atoms with Crippen LogP contribution in [-0.2, 0) is 13.6 Å². The standard InChI is InChI=1S/C12H12BrN3O2/c1-16-8(5-6-15-16)7-14-10-4-2-3-9(13)11(10)12(17)18/h2-6,14H,7H2,1H3,(H,17,18). The molecule has 1 aromatic heterocycles. The smallest absolute Gasteiger partial charge is 0.338 e. The van der Waals surface area contributed by atoms with Crippen LogP contribution in [0, 0.1) is 0 Å². The number of carbonyl (C=O) groups is 1. The fraction of sp³-hybridized carbons (Fsp3) is 0.167. The van der Waals surface area contributed by atoms with Gasteiger partial charge in [-0.25, -0.2) is 4.79 Å². The molecule has 0 saturated carbocycles. The minimum absolute atomic E-state index is 0.236. The zero-order valence-corrected chi connectivity index (χ0v) is 11.3. The summed E-state index contributed by atoms with van der Waals surface area (Å²) in [7, 11) is 1.84. The summed E-state index contributed by atoms with van der Waals surface area (Å²) in [5.74, 6) is -0.963. The molecule has 5 nitrogen and oxygen atoms in total. The van der Waals surface area contributed by atoms with Crippen molar-refractivity contribution in [2.75, 3.05) is 5.32 Å². The highest BCUT2D eigenvalue weighted by molar-refractivity contribution is 9.10. The van der Waals surface area contributed by atoms with Gasteiger partial charge in [-0.2, -0.15) is 5.10 Å². The molecule has 1 aromatic carbocycles. The van der Waals surface area contributed by atoms with E-state index in [1.807, 2.05) is 13.1 Å². The second kappa shape index (κ2) is 5.22. The summed E-state index contributed by atoms with van der Waals surface area (Å²) >= 11 is 3.24. The molecule has 0 unspecified atom stereocenters. The number of nitrogens with one attached hydrogen (secondary N) is 1. The lowest BCUT2D eigenvalue weighted by molar-refractivity contribution is 0.0697. The first-order valence-corrected chi connectivity index (χ1v) is 6.11. The van der Waals surface area contributed by atoms with Gasteiger partial charge in [-0.3, -0.25) is 4.68 Å². The van der Waals surface area contributed by atoms with Crippen LogP contribution >= 0.6 is 15.9 Å². The summed E-state index contributed by atoms with van der Waals surface area (Å²) in [6.45, 7) is 0.521. The topological polar surface area (TPSA) is 67.2 Å². The number of halogens is 1. The second-order valence-electron chi connectivity index (χ2n) is 3.77. The molecule has 0 amide bonds. The Bertz CT molecular complexity index is 580. The van der Waals surface area contributed by atoms with Gasteiger partial charge in [-0.15, -0.1) is 0 Å². The fourth-order valence-corrected chi connectivity index (χ4v) is 2.19. The van der Waals surface area contributed by atoms with E-state index in [0.717, 1.165) is 5.69 Å². The maximum Gasteiger partial charge on any atom is 0.338 e. The minimum atomic E-state index is -0.963. The number of rotatable bonds is 4. The Morgan fingerprint density at radius 1 is 1.50 bits per heavy atom. The lowest BCUT2D eigenvalue weighted by Crippen LogP contribution is -2.09. The average molecular weight is 310 g/mol. The van der Waals surface area contributed by atoms with Gasteiger partial charge in [-0.1, -0.05) is 6.07 Å². The molecule has 94 valence electrons. The van der Waals surface area contributed by atoms with Crippen molar-refractivity contribution in [2.45, 2.75) is 6.54 Å². The Kier molecular flexibility index (Phi) is 3.66. The SMILES string of the molecule is Cn1nccc1CNc1cccc(Br)c1C(=O)O. The van der Waals surface area contributed by atoms with E-state index in [2.05, 4.69) is 26.3 Å². The summed E-state index contributed by atoms with van der Waals surface area (Å²) in [4.78, 5) is 11.2. The van der Waals surface area contributed by atoms with Crippen molar-refractivity contribution in [3.63, 3.8) is 0 Å². The predicted octanol–water partition coefficient (Wildman–Crippen LogP) is 2.49. The van der Waals surface area contributed by atoms with E-state index >= 15 is 0 Å². The van der Waals surface area contributed by atoms with Gasteiger partial charge in [-0.05, 0) is 34.1 Å². The molecule has 0 aliphatic heterocycles. The van der Waals surface area contributed by atoms with E-state index in [4.69, 9.17) is 0 Å². The number of hydrogen-bond acceptors (Lipinski definition) is 3. The number of hydrogen-bond donors (Lipinski definition) is 2. The second-order valence-corrected chi connectivity index (χ2v) is 4.62. The van der Waals surface area contributed by atoms with Crippen molar-refractivity contribution in [1.82, 2.24) is 9.78 Å². The number of benzene rings is 1. The van der Waals surface area contributed by atoms with E-state index in [-0.39, 0.29) is 5.56 Å². The normalized spacial score (nSPS) is 10.3. The summed E-state index contributed by atoms with van der Waals surface area (Å²) in [6, 6.07) is 7.12. The van der Waals surface area contributed by atoms with Crippen LogP contribution in [0.5, 0.6) is 0 Å². The van der Waals surface area contributed by atoms with E-state index in [0.29, 0.717) is 16.7 Å². The van der Waals surface area contributed by atoms with Crippen LogP contribution < -0.4 is 5.32 Å². The molecule has 0 bridgehead atoms. The van der Waals surface area contributed by atoms with Gasteiger partial charge in [0.05, 0.1) is 23.5 Å². The van der Waals surface area contributed by atoms with Crippen LogP contribution in [0.1, 0.15) is 16.1 Å². The number of aromatic carboxylic acids is 1. The van der Waals surface area contributed by atoms with Crippen molar-refractivity contribution >= 4 is 27.6 Å². The molecule has 0 fully saturated rings. The molecule has 0 radical (unpaired) electrons. The van der Waals surface area contributed by atoms with Crippen molar-refractivity contribution in [2.24, 2.45) is 7.05 Å². The van der Waals surface area contributed by atoms with Crippen LogP contribution in [0.4, 0.5) is 5.69 Å². The number of nitrogens with zero attached hydrogens (tertiary/aromatic N) is 2. The highest BCUT2D eigenvalue weighted by Gasteiger charge is 2.13. The molecule has 0 aliphatic carbocycles. The predicted molar refractivity (Wildman–Crippen MR) is 71.6 cm³/mol. The first kappa shape index (κ1) is 12.6. The van der Waals surface area contributed by atoms with Crippen molar-refractivity contribution in [3.8, 4) is 0 Å². The molecule has 0 spiro atoms. The molecule has 18 heavy (non-hydrogen) atoms. The Balaban J connectivity index is 2.22. The zero-order valence-electron chi connectivity index (χ0n) is 9.72. The Hall–Kier alpha value is -1.82. The summed E-state index contributed by atoms with van der Waals surface area (Å²) in [5, 5.41) is 16.3. The molecule has 0 atom stereocenters. The summed E-state index contributed by atoms with van der Waals surface area (Å²) in [6.07, 6.45) is 1.70. The van der Waals surface area contributed by atoms with Gasteiger partial charge in [0, 0.05) is 17.7 Å². The maximum atomic E-state index is 11.2. The largest absolute Gasteiger partial charge is 0.478 e. The quantitative estimate of drug-likeness (QED) is 0.910. The van der Waals surface area contributed by atoms with Gasteiger partial charge in [0.2, 0.25) is 0 Å². The molecule has 0 aliphatic rings. The van der Waals surface area contributed by atoms with E-state index < -0.39 is 5.97 Å². The van der Waals surface area contributed by atoms with Gasteiger partial charge in [0.1, 0.15) is 0 Å². The Morgan fingerprint density at radius 2 is 2.28 bits per heavy atom. The highest BCUT2D eigenvalue weighted by atomic mass is 79.9. The molecular formula is C12H12BrN3O2. The number of aryl methyl sites for hydroxylation is 1. The van der Waals surface area contributed by atoms with Gasteiger partial charge in [0.25, 0.3) is 0 Å². The third-order valence-corrected chi connectivity index (χ3v) is 3.27. The minimum Gasteiger partial charge on any atom is -0.478 e. The molecular weight excluding hydrogens is 298 g/mol. The van der Waals surface area contributed by atoms with Crippen LogP contribution in [0.15, 0.2) is 34.9 Å². The number of carboxylic acids is 1. The molecule has 2 rings (SSSR count). The van der Waals surface area contributed by atoms with Crippen molar-refractivity contribution in [3.05, 3.63) is 46.2 Å². The van der Waals surface area contributed by atoms with E-state index in [1.54, 1.807) is 29.1 Å². The highest BCUT2D eigenvalue weighted by Crippen LogP contribution is 2.25. The monoisotopic (exact) mass is 309 g/mol. The fourth-order valence-electron chi connectivity index (χ4n) is 1.65. The molecule has 0 saturated heterocycles. The van der Waals surface area contributed by atoms with Gasteiger partial charge >= 0.3 is 5.97 Å². The van der Waals surface area contributed by atoms with Crippen molar-refractivity contribution in [1.29, 1.82) is 0 Å². The van der Waals surface area contributed by atoms with Crippen LogP contribution in [0.25, 0.3) is 0 Å². The van der Waals surface area contributed by atoms with E-state index in [9.17, 15) is 9.90 Å². The average Bonchev–Trinajstić information content (AvgIpc) is 2.71. The van der Waals surface area contributed by atoms with Crippen LogP contribution in [-0.4, -0.2) is 20.9 Å². The van der Waals surface area contributed by atoms with Crippen molar-refractivity contribution < 1.29 is 9.90 Å². The molecule has 2 N–H and O–H groups in total.